The van der Waals surface area contributed by atoms with Gasteiger partial charge in [-0.05, 0) is 93.6 Å². The van der Waals surface area contributed by atoms with Gasteiger partial charge in [0.05, 0.1) is 17.0 Å². The van der Waals surface area contributed by atoms with Gasteiger partial charge in [-0.2, -0.15) is 0 Å². The van der Waals surface area contributed by atoms with E-state index in [-0.39, 0.29) is 11.5 Å². The topological polar surface area (TPSA) is 88.2 Å². The maximum atomic E-state index is 11.0. The van der Waals surface area contributed by atoms with E-state index in [1.54, 1.807) is 5.56 Å². The predicted molar refractivity (Wildman–Crippen MR) is 172 cm³/mol. The molecule has 2 aliphatic rings. The van der Waals surface area contributed by atoms with Crippen LogP contribution in [0.5, 0.6) is 0 Å². The van der Waals surface area contributed by atoms with Crippen molar-refractivity contribution in [2.24, 2.45) is 17.8 Å². The maximum Gasteiger partial charge on any atom is 0.177 e. The van der Waals surface area contributed by atoms with Gasteiger partial charge in [-0.15, -0.1) is 0 Å². The third kappa shape index (κ3) is 12.9. The molecule has 226 valence electrons. The summed E-state index contributed by atoms with van der Waals surface area (Å²) in [6.07, 6.45) is 14.6. The smallest absolute Gasteiger partial charge is 0.177 e. The summed E-state index contributed by atoms with van der Waals surface area (Å²) in [5.74, 6) is 3.64. The van der Waals surface area contributed by atoms with Gasteiger partial charge in [0.15, 0.2) is 5.78 Å². The van der Waals surface area contributed by atoms with Crippen molar-refractivity contribution in [1.29, 1.82) is 10.8 Å². The first-order chi connectivity index (χ1) is 19.0. The Kier molecular flexibility index (Phi) is 16.9. The molecule has 3 rings (SSSR count). The zero-order valence-electron chi connectivity index (χ0n) is 26.6. The Morgan fingerprint density at radius 1 is 1.02 bits per heavy atom. The van der Waals surface area contributed by atoms with Gasteiger partial charge in [-0.25, -0.2) is 0 Å². The Balaban J connectivity index is 0.000000319. The standard InChI is InChI=1S/C15H20.C13H23N3O.C7H16O/c1-11-7-12-8-14(11)10-15(9-12)13-5-3-2-4-6-13;1-4-6-8-16(7-5-2)12(10-14)9-13(15)11(3)17;1-4-6-7(3,8)5-2/h2-6,11-12,14-15H,7-10H2,1H3;9-10,14-15H,4-8H2,1-3H3;8H,4-6H2,1-3H3/b;12-9+,14-10?,15-13?;/t11?,12?,14?,15-;;/m0../s1. The van der Waals surface area contributed by atoms with Crippen molar-refractivity contribution >= 4 is 17.7 Å². The summed E-state index contributed by atoms with van der Waals surface area (Å²) in [5.41, 5.74) is 1.79. The molecular formula is C35H59N3O2. The molecule has 5 heteroatoms. The number of hydrogen-bond donors (Lipinski definition) is 3. The Hall–Kier alpha value is -2.27. The van der Waals surface area contributed by atoms with Crippen LogP contribution in [-0.2, 0) is 4.79 Å². The minimum atomic E-state index is -0.408. The number of nitrogens with zero attached hydrogens (tertiary/aromatic N) is 1. The number of fused-ring (bicyclic) bond motifs is 2. The molecule has 1 aromatic rings. The molecule has 2 fully saturated rings. The lowest BCUT2D eigenvalue weighted by atomic mass is 9.77. The number of hydrogen-bond acceptors (Lipinski definition) is 5. The van der Waals surface area contributed by atoms with Gasteiger partial charge in [-0.1, -0.05) is 77.8 Å². The van der Waals surface area contributed by atoms with Gasteiger partial charge in [-0.3, -0.25) is 10.2 Å². The van der Waals surface area contributed by atoms with Crippen LogP contribution in [0.1, 0.15) is 124 Å². The van der Waals surface area contributed by atoms with Gasteiger partial charge in [0.25, 0.3) is 0 Å². The summed E-state index contributed by atoms with van der Waals surface area (Å²) in [5, 5.41) is 24.2. The molecule has 0 aliphatic heterocycles. The quantitative estimate of drug-likeness (QED) is 0.213. The maximum absolute atomic E-state index is 11.0. The summed E-state index contributed by atoms with van der Waals surface area (Å²) >= 11 is 0. The summed E-state index contributed by atoms with van der Waals surface area (Å²) in [7, 11) is 0. The molecular weight excluding hydrogens is 494 g/mol. The van der Waals surface area contributed by atoms with Crippen molar-refractivity contribution < 1.29 is 9.90 Å². The third-order valence-corrected chi connectivity index (χ3v) is 8.63. The zero-order valence-corrected chi connectivity index (χ0v) is 26.6. The van der Waals surface area contributed by atoms with E-state index in [0.29, 0.717) is 5.70 Å². The Labute approximate surface area is 245 Å². The van der Waals surface area contributed by atoms with Crippen molar-refractivity contribution in [2.75, 3.05) is 13.1 Å². The van der Waals surface area contributed by atoms with Gasteiger partial charge in [0, 0.05) is 26.2 Å². The fourth-order valence-corrected chi connectivity index (χ4v) is 6.04. The fraction of sp³-hybridized carbons (Fsp3) is 0.686. The molecule has 2 bridgehead atoms. The average Bonchev–Trinajstić information content (AvgIpc) is 3.20. The molecule has 0 amide bonds. The first-order valence-electron chi connectivity index (χ1n) is 15.9. The first kappa shape index (κ1) is 35.8. The van der Waals surface area contributed by atoms with Crippen molar-refractivity contribution in [3.05, 3.63) is 47.7 Å². The van der Waals surface area contributed by atoms with E-state index < -0.39 is 5.60 Å². The summed E-state index contributed by atoms with van der Waals surface area (Å²) in [6, 6.07) is 11.1. The number of Topliss-reactive ketones (excluding diaryl/α,β-unsaturated/α-hetero) is 1. The second-order valence-corrected chi connectivity index (χ2v) is 12.3. The zero-order chi connectivity index (χ0) is 30.1. The summed E-state index contributed by atoms with van der Waals surface area (Å²) in [4.78, 5) is 13.1. The van der Waals surface area contributed by atoms with Crippen molar-refractivity contribution in [1.82, 2.24) is 4.90 Å². The van der Waals surface area contributed by atoms with Crippen LogP contribution in [0.15, 0.2) is 42.1 Å². The Morgan fingerprint density at radius 3 is 2.17 bits per heavy atom. The minimum Gasteiger partial charge on any atom is -0.390 e. The summed E-state index contributed by atoms with van der Waals surface area (Å²) in [6.45, 7) is 15.7. The second-order valence-electron chi connectivity index (χ2n) is 12.3. The number of nitrogens with one attached hydrogen (secondary N) is 2. The molecule has 0 heterocycles. The molecule has 2 saturated carbocycles. The molecule has 5 atom stereocenters. The molecule has 5 nitrogen and oxygen atoms in total. The van der Waals surface area contributed by atoms with Crippen LogP contribution in [-0.4, -0.2) is 46.4 Å². The minimum absolute atomic E-state index is 0.0406. The van der Waals surface area contributed by atoms with Crippen LogP contribution in [0.25, 0.3) is 0 Å². The van der Waals surface area contributed by atoms with E-state index in [9.17, 15) is 9.90 Å². The molecule has 3 N–H and O–H groups in total. The van der Waals surface area contributed by atoms with Crippen LogP contribution in [0.4, 0.5) is 0 Å². The van der Waals surface area contributed by atoms with Crippen molar-refractivity contribution in [2.45, 2.75) is 124 Å². The number of allylic oxidation sites excluding steroid dienone is 2. The number of carbonyl (C=O) groups is 1. The lowest BCUT2D eigenvalue weighted by Gasteiger charge is -2.28. The average molecular weight is 554 g/mol. The van der Waals surface area contributed by atoms with Crippen LogP contribution in [0, 0.1) is 28.6 Å². The number of aliphatic hydroxyl groups is 1. The fourth-order valence-electron chi connectivity index (χ4n) is 6.04. The van der Waals surface area contributed by atoms with E-state index in [2.05, 4.69) is 62.9 Å². The Morgan fingerprint density at radius 2 is 1.70 bits per heavy atom. The largest absolute Gasteiger partial charge is 0.390 e. The number of ketones is 1. The van der Waals surface area contributed by atoms with Crippen LogP contribution < -0.4 is 0 Å². The highest BCUT2D eigenvalue weighted by molar-refractivity contribution is 6.42. The lowest BCUT2D eigenvalue weighted by Crippen LogP contribution is -2.27. The van der Waals surface area contributed by atoms with Gasteiger partial charge < -0.3 is 15.4 Å². The highest BCUT2D eigenvalue weighted by atomic mass is 16.3. The number of benzene rings is 1. The monoisotopic (exact) mass is 553 g/mol. The lowest BCUT2D eigenvalue weighted by molar-refractivity contribution is -0.111. The van der Waals surface area contributed by atoms with Gasteiger partial charge in [0.2, 0.25) is 0 Å². The van der Waals surface area contributed by atoms with E-state index in [4.69, 9.17) is 10.8 Å². The molecule has 4 unspecified atom stereocenters. The third-order valence-electron chi connectivity index (χ3n) is 8.63. The SMILES string of the molecule is CC1CC2CC1C[C@@H](c1ccccc1)C2.CCCC(C)(O)CC.CCCCN(CCC)/C(C=N)=C/C(=N)C(C)=O. The molecule has 0 saturated heterocycles. The number of rotatable bonds is 13. The van der Waals surface area contributed by atoms with Crippen molar-refractivity contribution in [3.63, 3.8) is 0 Å². The van der Waals surface area contributed by atoms with Crippen LogP contribution >= 0.6 is 0 Å². The second kappa shape index (κ2) is 19.0. The van der Waals surface area contributed by atoms with Crippen LogP contribution in [0.2, 0.25) is 0 Å². The molecule has 40 heavy (non-hydrogen) atoms. The first-order valence-corrected chi connectivity index (χ1v) is 15.9. The highest BCUT2D eigenvalue weighted by Gasteiger charge is 2.38. The molecule has 1 aromatic carbocycles. The molecule has 0 spiro atoms. The van der Waals surface area contributed by atoms with E-state index in [0.717, 1.165) is 75.3 Å². The van der Waals surface area contributed by atoms with Crippen molar-refractivity contribution in [3.8, 4) is 0 Å². The van der Waals surface area contributed by atoms with E-state index in [1.165, 1.54) is 44.9 Å². The molecule has 2 aliphatic carbocycles. The highest BCUT2D eigenvalue weighted by Crippen LogP contribution is 2.50. The molecule has 0 aromatic heterocycles. The summed E-state index contributed by atoms with van der Waals surface area (Å²) < 4.78 is 0. The predicted octanol–water partition coefficient (Wildman–Crippen LogP) is 8.81. The Bertz CT molecular complexity index is 906. The number of carbonyl (C=O) groups excluding carboxylic acids is 1. The molecule has 0 radical (unpaired) electrons. The normalized spacial score (nSPS) is 23.1. The van der Waals surface area contributed by atoms with Gasteiger partial charge >= 0.3 is 0 Å². The van der Waals surface area contributed by atoms with Crippen LogP contribution in [0.3, 0.4) is 0 Å². The van der Waals surface area contributed by atoms with E-state index >= 15 is 0 Å². The number of unbranched alkanes of at least 4 members (excludes halogenated alkanes) is 1. The van der Waals surface area contributed by atoms with Gasteiger partial charge in [0.1, 0.15) is 0 Å². The van der Waals surface area contributed by atoms with E-state index in [1.807, 2.05) is 13.8 Å².